The number of sulfonamides is 1. The molecule has 0 aliphatic carbocycles. The molecule has 3 aliphatic rings. The van der Waals surface area contributed by atoms with Crippen LogP contribution in [0.3, 0.4) is 0 Å². The van der Waals surface area contributed by atoms with Crippen LogP contribution in [0.25, 0.3) is 0 Å². The topological polar surface area (TPSA) is 135 Å². The second-order valence-corrected chi connectivity index (χ2v) is 16.4. The maximum atomic E-state index is 15.9. The van der Waals surface area contributed by atoms with Gasteiger partial charge < -0.3 is 23.8 Å². The summed E-state index contributed by atoms with van der Waals surface area (Å²) in [6.07, 6.45) is 3.13. The van der Waals surface area contributed by atoms with E-state index in [4.69, 9.17) is 30.5 Å². The summed E-state index contributed by atoms with van der Waals surface area (Å²) in [6, 6.07) is 13.8. The van der Waals surface area contributed by atoms with Gasteiger partial charge in [-0.05, 0) is 93.7 Å². The lowest BCUT2D eigenvalue weighted by Crippen LogP contribution is -2.62. The molecular weight excluding hydrogens is 748 g/mol. The molecular formula is C40H49ClN4O9S. The van der Waals surface area contributed by atoms with Gasteiger partial charge in [0.2, 0.25) is 5.91 Å². The Bertz CT molecular complexity index is 2050. The van der Waals surface area contributed by atoms with Crippen molar-refractivity contribution >= 4 is 45.1 Å². The lowest BCUT2D eigenvalue weighted by molar-refractivity contribution is -0.149. The largest absolute Gasteiger partial charge is 0.497 e. The summed E-state index contributed by atoms with van der Waals surface area (Å²) in [4.78, 5) is 47.7. The number of nitrogens with zero attached hydrogens (tertiary/aromatic N) is 4. The summed E-state index contributed by atoms with van der Waals surface area (Å²) >= 11 is 6.74. The van der Waals surface area contributed by atoms with E-state index in [0.29, 0.717) is 81.1 Å². The third kappa shape index (κ3) is 7.25. The number of piperidine rings is 2. The molecule has 3 aliphatic heterocycles. The Balaban J connectivity index is 1.56. The highest BCUT2D eigenvalue weighted by Gasteiger charge is 2.62. The SMILES string of the molecule is CCOC(=O)C1CCN(Cc2ccc(OC)c(C3(N4CCCC[C@H]4C(=O)N(C)C)C(=O)N(S(=O)(=O)c4ccc(OC)cc4OC)c4ccc(Cl)cc43)c2)CC1. The van der Waals surface area contributed by atoms with Gasteiger partial charge >= 0.3 is 5.97 Å². The average molecular weight is 797 g/mol. The molecule has 0 saturated carbocycles. The highest BCUT2D eigenvalue weighted by molar-refractivity contribution is 7.93. The zero-order valence-corrected chi connectivity index (χ0v) is 33.7. The highest BCUT2D eigenvalue weighted by Crippen LogP contribution is 2.55. The standard InChI is InChI=1S/C40H49ClN4O9S/c1-7-54-38(47)27-17-20-43(21-18-27)25-26-11-15-34(52-5)31(22-26)40(44-19-9-8-10-33(44)37(46)42(2)3)30-23-28(41)12-14-32(30)45(39(40)48)55(49,50)36-16-13-29(51-4)24-35(36)53-6/h11-16,22-24,27,33H,7-10,17-21,25H2,1-6H3/t33-,40?/m0/s1. The first-order valence-electron chi connectivity index (χ1n) is 18.5. The minimum atomic E-state index is -4.67. The van der Waals surface area contributed by atoms with E-state index in [1.165, 1.54) is 50.5 Å². The van der Waals surface area contributed by atoms with Crippen LogP contribution >= 0.6 is 11.6 Å². The Morgan fingerprint density at radius 3 is 2.25 bits per heavy atom. The van der Waals surface area contributed by atoms with Crippen molar-refractivity contribution in [3.05, 3.63) is 76.3 Å². The third-order valence-electron chi connectivity index (χ3n) is 10.9. The first kappa shape index (κ1) is 40.3. The number of esters is 1. The van der Waals surface area contributed by atoms with Crippen LogP contribution < -0.4 is 18.5 Å². The van der Waals surface area contributed by atoms with E-state index in [-0.39, 0.29) is 39.1 Å². The van der Waals surface area contributed by atoms with E-state index in [1.54, 1.807) is 39.2 Å². The molecule has 0 aromatic heterocycles. The Morgan fingerprint density at radius 2 is 1.60 bits per heavy atom. The summed E-state index contributed by atoms with van der Waals surface area (Å²) in [5, 5.41) is 0.282. The van der Waals surface area contributed by atoms with Gasteiger partial charge in [-0.15, -0.1) is 0 Å². The number of carbonyl (C=O) groups is 3. The van der Waals surface area contributed by atoms with Gasteiger partial charge in [-0.1, -0.05) is 24.1 Å². The molecule has 0 bridgehead atoms. The number of likely N-dealkylation sites (N-methyl/N-ethyl adjacent to an activating group) is 1. The fourth-order valence-corrected chi connectivity index (χ4v) is 10.0. The van der Waals surface area contributed by atoms with Gasteiger partial charge in [0.25, 0.3) is 15.9 Å². The van der Waals surface area contributed by atoms with Gasteiger partial charge in [0.05, 0.1) is 45.6 Å². The van der Waals surface area contributed by atoms with Gasteiger partial charge in [-0.3, -0.25) is 24.2 Å². The number of halogens is 1. The van der Waals surface area contributed by atoms with E-state index < -0.39 is 27.5 Å². The summed E-state index contributed by atoms with van der Waals surface area (Å²) in [5.41, 5.74) is -0.234. The number of likely N-dealkylation sites (tertiary alicyclic amines) is 2. The maximum Gasteiger partial charge on any atom is 0.309 e. The number of ether oxygens (including phenoxy) is 4. The predicted molar refractivity (Wildman–Crippen MR) is 207 cm³/mol. The fourth-order valence-electron chi connectivity index (χ4n) is 8.23. The number of anilines is 1. The smallest absolute Gasteiger partial charge is 0.309 e. The monoisotopic (exact) mass is 796 g/mol. The molecule has 296 valence electrons. The molecule has 2 amide bonds. The molecule has 15 heteroatoms. The summed E-state index contributed by atoms with van der Waals surface area (Å²) in [7, 11) is 2.97. The van der Waals surface area contributed by atoms with Crippen molar-refractivity contribution in [1.82, 2.24) is 14.7 Å². The first-order chi connectivity index (χ1) is 26.3. The molecule has 55 heavy (non-hydrogen) atoms. The highest BCUT2D eigenvalue weighted by atomic mass is 35.5. The molecule has 2 atom stereocenters. The van der Waals surface area contributed by atoms with Crippen molar-refractivity contribution < 1.29 is 41.7 Å². The van der Waals surface area contributed by atoms with Crippen molar-refractivity contribution in [2.24, 2.45) is 5.92 Å². The molecule has 6 rings (SSSR count). The Kier molecular flexibility index (Phi) is 12.0. The number of hydrogen-bond donors (Lipinski definition) is 0. The molecule has 13 nitrogen and oxygen atoms in total. The number of fused-ring (bicyclic) bond motifs is 1. The van der Waals surface area contributed by atoms with E-state index >= 15 is 4.79 Å². The number of hydrogen-bond acceptors (Lipinski definition) is 11. The van der Waals surface area contributed by atoms with Crippen molar-refractivity contribution in [2.75, 3.05) is 66.0 Å². The van der Waals surface area contributed by atoms with Crippen LogP contribution in [-0.2, 0) is 41.2 Å². The van der Waals surface area contributed by atoms with Crippen molar-refractivity contribution in [1.29, 1.82) is 0 Å². The van der Waals surface area contributed by atoms with Gasteiger partial charge in [-0.2, -0.15) is 0 Å². The van der Waals surface area contributed by atoms with E-state index in [2.05, 4.69) is 4.90 Å². The Labute approximate surface area is 328 Å². The Hall–Kier alpha value is -4.37. The molecule has 3 aromatic carbocycles. The van der Waals surface area contributed by atoms with Gasteiger partial charge in [0.1, 0.15) is 22.1 Å². The van der Waals surface area contributed by atoms with Crippen LogP contribution in [0.4, 0.5) is 5.69 Å². The molecule has 0 spiro atoms. The molecule has 2 fully saturated rings. The number of rotatable bonds is 12. The first-order valence-corrected chi connectivity index (χ1v) is 20.3. The van der Waals surface area contributed by atoms with Crippen LogP contribution in [0, 0.1) is 5.92 Å². The maximum absolute atomic E-state index is 15.9. The lowest BCUT2D eigenvalue weighted by Gasteiger charge is -2.47. The number of benzene rings is 3. The molecule has 2 saturated heterocycles. The van der Waals surface area contributed by atoms with Gasteiger partial charge in [-0.25, -0.2) is 12.7 Å². The van der Waals surface area contributed by atoms with Crippen molar-refractivity contribution in [3.63, 3.8) is 0 Å². The van der Waals surface area contributed by atoms with Crippen LogP contribution in [0.1, 0.15) is 55.7 Å². The Morgan fingerprint density at radius 1 is 0.873 bits per heavy atom. The van der Waals surface area contributed by atoms with Crippen LogP contribution in [0.5, 0.6) is 17.2 Å². The summed E-state index contributed by atoms with van der Waals surface area (Å²) in [5.74, 6) is -0.652. The van der Waals surface area contributed by atoms with Gasteiger partial charge in [0, 0.05) is 49.4 Å². The number of carbonyl (C=O) groups excluding carboxylic acids is 3. The molecule has 3 heterocycles. The number of methoxy groups -OCH3 is 3. The lowest BCUT2D eigenvalue weighted by atomic mass is 9.78. The molecule has 0 radical (unpaired) electrons. The normalized spacial score (nSPS) is 20.9. The van der Waals surface area contributed by atoms with Gasteiger partial charge in [0.15, 0.2) is 5.54 Å². The second-order valence-electron chi connectivity index (χ2n) is 14.2. The van der Waals surface area contributed by atoms with E-state index in [0.717, 1.165) is 16.3 Å². The van der Waals surface area contributed by atoms with E-state index in [9.17, 15) is 18.0 Å². The van der Waals surface area contributed by atoms with Crippen LogP contribution in [0.15, 0.2) is 59.5 Å². The predicted octanol–water partition coefficient (Wildman–Crippen LogP) is 5.06. The summed E-state index contributed by atoms with van der Waals surface area (Å²) in [6.45, 7) is 4.26. The average Bonchev–Trinajstić information content (AvgIpc) is 3.45. The second kappa shape index (κ2) is 16.4. The van der Waals surface area contributed by atoms with Crippen molar-refractivity contribution in [2.45, 2.75) is 62.0 Å². The fraction of sp³-hybridized carbons (Fsp3) is 0.475. The van der Waals surface area contributed by atoms with Crippen LogP contribution in [0.2, 0.25) is 5.02 Å². The quantitative estimate of drug-likeness (QED) is 0.228. The molecule has 0 N–H and O–H groups in total. The molecule has 3 aromatic rings. The minimum Gasteiger partial charge on any atom is -0.497 e. The summed E-state index contributed by atoms with van der Waals surface area (Å²) < 4.78 is 52.9. The van der Waals surface area contributed by atoms with E-state index in [1.807, 2.05) is 17.0 Å². The minimum absolute atomic E-state index is 0.00916. The van der Waals surface area contributed by atoms with Crippen LogP contribution in [-0.4, -0.2) is 109 Å². The number of amides is 2. The molecule has 1 unspecified atom stereocenters. The zero-order chi connectivity index (χ0) is 39.7. The third-order valence-corrected chi connectivity index (χ3v) is 12.8. The zero-order valence-electron chi connectivity index (χ0n) is 32.2. The van der Waals surface area contributed by atoms with Crippen molar-refractivity contribution in [3.8, 4) is 17.2 Å².